The van der Waals surface area contributed by atoms with Crippen molar-refractivity contribution in [3.63, 3.8) is 0 Å². The van der Waals surface area contributed by atoms with Gasteiger partial charge >= 0.3 is 0 Å². The highest BCUT2D eigenvalue weighted by Crippen LogP contribution is 2.21. The Labute approximate surface area is 148 Å². The molecule has 3 aromatic heterocycles. The number of fused-ring (bicyclic) bond motifs is 2. The van der Waals surface area contributed by atoms with Crippen LogP contribution in [0.4, 0.5) is 0 Å². The lowest BCUT2D eigenvalue weighted by atomic mass is 10.1. The summed E-state index contributed by atoms with van der Waals surface area (Å²) < 4.78 is 1.73. The maximum Gasteiger partial charge on any atom is 0.262 e. The predicted octanol–water partition coefficient (Wildman–Crippen LogP) is 2.17. The molecular formula is C18H18N4O2S. The zero-order valence-corrected chi connectivity index (χ0v) is 15.0. The molecule has 6 nitrogen and oxygen atoms in total. The van der Waals surface area contributed by atoms with E-state index in [1.807, 2.05) is 19.2 Å². The third kappa shape index (κ3) is 2.64. The topological polar surface area (TPSA) is 68.1 Å². The quantitative estimate of drug-likeness (QED) is 0.672. The molecule has 1 amide bonds. The summed E-state index contributed by atoms with van der Waals surface area (Å²) in [5, 5.41) is 2.68. The molecule has 0 fully saturated rings. The van der Waals surface area contributed by atoms with Crippen LogP contribution in [0.15, 0.2) is 28.5 Å². The summed E-state index contributed by atoms with van der Waals surface area (Å²) in [6, 6.07) is 3.57. The Hall–Kier alpha value is -2.54. The minimum Gasteiger partial charge on any atom is -0.336 e. The van der Waals surface area contributed by atoms with E-state index in [1.54, 1.807) is 27.8 Å². The highest BCUT2D eigenvalue weighted by molar-refractivity contribution is 7.16. The Kier molecular flexibility index (Phi) is 3.88. The molecule has 4 rings (SSSR count). The van der Waals surface area contributed by atoms with Crippen molar-refractivity contribution in [3.05, 3.63) is 56.7 Å². The second kappa shape index (κ2) is 6.07. The zero-order valence-electron chi connectivity index (χ0n) is 14.2. The molecule has 0 bridgehead atoms. The van der Waals surface area contributed by atoms with Gasteiger partial charge in [0.25, 0.3) is 11.5 Å². The van der Waals surface area contributed by atoms with Gasteiger partial charge in [-0.3, -0.25) is 19.1 Å². The van der Waals surface area contributed by atoms with Crippen LogP contribution >= 0.6 is 11.3 Å². The molecule has 0 unspecified atom stereocenters. The Morgan fingerprint density at radius 2 is 2.08 bits per heavy atom. The van der Waals surface area contributed by atoms with Crippen molar-refractivity contribution in [2.75, 3.05) is 13.1 Å². The molecule has 3 aromatic rings. The highest BCUT2D eigenvalue weighted by Gasteiger charge is 2.23. The average Bonchev–Trinajstić information content (AvgIpc) is 2.84. The van der Waals surface area contributed by atoms with Crippen LogP contribution in [-0.2, 0) is 13.0 Å². The summed E-state index contributed by atoms with van der Waals surface area (Å²) in [7, 11) is 0. The molecule has 1 aliphatic rings. The number of aromatic nitrogens is 3. The normalized spacial score (nSPS) is 14.4. The van der Waals surface area contributed by atoms with Gasteiger partial charge in [0.15, 0.2) is 0 Å². The summed E-state index contributed by atoms with van der Waals surface area (Å²) in [6.07, 6.45) is 2.26. The standard InChI is InChI=1S/C18H18N4O2S/c1-11-10-25-16-15(11)18(24)22-9-8-21(7-5-14(22)20-16)17(23)13-4-3-6-19-12(13)2/h3-4,6,10H,5,7-9H2,1-2H3. The SMILES string of the molecule is Cc1ncccc1C(=O)N1CCc2nc3scc(C)c3c(=O)n2CC1. The first kappa shape index (κ1) is 16.0. The number of carbonyl (C=O) groups excluding carboxylic acids is 1. The lowest BCUT2D eigenvalue weighted by Gasteiger charge is -2.20. The number of hydrogen-bond acceptors (Lipinski definition) is 5. The van der Waals surface area contributed by atoms with Crippen molar-refractivity contribution in [2.45, 2.75) is 26.8 Å². The molecule has 0 aliphatic carbocycles. The third-order valence-electron chi connectivity index (χ3n) is 4.68. The molecule has 0 N–H and O–H groups in total. The fraction of sp³-hybridized carbons (Fsp3) is 0.333. The van der Waals surface area contributed by atoms with E-state index in [2.05, 4.69) is 9.97 Å². The van der Waals surface area contributed by atoms with Gasteiger partial charge in [-0.25, -0.2) is 4.98 Å². The van der Waals surface area contributed by atoms with Crippen LogP contribution in [0.3, 0.4) is 0 Å². The zero-order chi connectivity index (χ0) is 17.6. The Bertz CT molecular complexity index is 1040. The van der Waals surface area contributed by atoms with Crippen LogP contribution in [0.5, 0.6) is 0 Å². The van der Waals surface area contributed by atoms with E-state index >= 15 is 0 Å². The van der Waals surface area contributed by atoms with Crippen molar-refractivity contribution >= 4 is 27.5 Å². The van der Waals surface area contributed by atoms with Crippen LogP contribution in [-0.4, -0.2) is 38.4 Å². The first-order chi connectivity index (χ1) is 12.1. The second-order valence-corrected chi connectivity index (χ2v) is 7.12. The summed E-state index contributed by atoms with van der Waals surface area (Å²) in [4.78, 5) is 37.1. The van der Waals surface area contributed by atoms with Gasteiger partial charge in [-0.05, 0) is 36.9 Å². The molecule has 0 spiro atoms. The number of amides is 1. The van der Waals surface area contributed by atoms with Gasteiger partial charge in [0.2, 0.25) is 0 Å². The molecule has 4 heterocycles. The van der Waals surface area contributed by atoms with Gasteiger partial charge in [-0.15, -0.1) is 11.3 Å². The van der Waals surface area contributed by atoms with E-state index < -0.39 is 0 Å². The molecule has 7 heteroatoms. The van der Waals surface area contributed by atoms with Gasteiger partial charge in [-0.2, -0.15) is 0 Å². The fourth-order valence-electron chi connectivity index (χ4n) is 3.28. The van der Waals surface area contributed by atoms with Gasteiger partial charge in [0, 0.05) is 37.9 Å². The molecule has 25 heavy (non-hydrogen) atoms. The monoisotopic (exact) mass is 354 g/mol. The van der Waals surface area contributed by atoms with Crippen molar-refractivity contribution in [1.82, 2.24) is 19.4 Å². The summed E-state index contributed by atoms with van der Waals surface area (Å²) in [6.45, 7) is 5.29. The molecule has 0 saturated carbocycles. The molecule has 0 radical (unpaired) electrons. The van der Waals surface area contributed by atoms with E-state index in [0.29, 0.717) is 37.0 Å². The molecule has 0 atom stereocenters. The van der Waals surface area contributed by atoms with Crippen LogP contribution < -0.4 is 5.56 Å². The minimum atomic E-state index is -0.0375. The fourth-order valence-corrected chi connectivity index (χ4v) is 4.21. The van der Waals surface area contributed by atoms with Gasteiger partial charge in [0.05, 0.1) is 10.9 Å². The van der Waals surface area contributed by atoms with E-state index in [1.165, 1.54) is 11.3 Å². The van der Waals surface area contributed by atoms with Crippen LogP contribution in [0.2, 0.25) is 0 Å². The highest BCUT2D eigenvalue weighted by atomic mass is 32.1. The Balaban J connectivity index is 1.67. The number of pyridine rings is 1. The van der Waals surface area contributed by atoms with Crippen molar-refractivity contribution in [1.29, 1.82) is 0 Å². The van der Waals surface area contributed by atoms with E-state index in [-0.39, 0.29) is 11.5 Å². The maximum atomic E-state index is 12.8. The number of nitrogens with zero attached hydrogens (tertiary/aromatic N) is 4. The number of thiophene rings is 1. The number of carbonyl (C=O) groups is 1. The average molecular weight is 354 g/mol. The number of hydrogen-bond donors (Lipinski definition) is 0. The maximum absolute atomic E-state index is 12.8. The third-order valence-corrected chi connectivity index (χ3v) is 5.67. The Morgan fingerprint density at radius 1 is 1.24 bits per heavy atom. The molecule has 0 aromatic carbocycles. The molecular weight excluding hydrogens is 336 g/mol. The number of aryl methyl sites for hydroxylation is 2. The van der Waals surface area contributed by atoms with Crippen LogP contribution in [0, 0.1) is 13.8 Å². The van der Waals surface area contributed by atoms with E-state index in [0.717, 1.165) is 21.9 Å². The summed E-state index contributed by atoms with van der Waals surface area (Å²) in [5.74, 6) is 0.724. The van der Waals surface area contributed by atoms with E-state index in [4.69, 9.17) is 0 Å². The van der Waals surface area contributed by atoms with Gasteiger partial charge in [-0.1, -0.05) is 0 Å². The number of rotatable bonds is 1. The molecule has 1 aliphatic heterocycles. The summed E-state index contributed by atoms with van der Waals surface area (Å²) >= 11 is 1.50. The first-order valence-electron chi connectivity index (χ1n) is 8.24. The lowest BCUT2D eigenvalue weighted by Crippen LogP contribution is -2.34. The van der Waals surface area contributed by atoms with Crippen molar-refractivity contribution in [3.8, 4) is 0 Å². The summed E-state index contributed by atoms with van der Waals surface area (Å²) in [5.41, 5.74) is 2.31. The first-order valence-corrected chi connectivity index (χ1v) is 9.12. The van der Waals surface area contributed by atoms with Crippen molar-refractivity contribution in [2.24, 2.45) is 0 Å². The smallest absolute Gasteiger partial charge is 0.262 e. The lowest BCUT2D eigenvalue weighted by molar-refractivity contribution is 0.0758. The largest absolute Gasteiger partial charge is 0.336 e. The Morgan fingerprint density at radius 3 is 2.88 bits per heavy atom. The molecule has 128 valence electrons. The van der Waals surface area contributed by atoms with Crippen molar-refractivity contribution < 1.29 is 4.79 Å². The van der Waals surface area contributed by atoms with Crippen LogP contribution in [0.1, 0.15) is 27.4 Å². The second-order valence-electron chi connectivity index (χ2n) is 6.26. The van der Waals surface area contributed by atoms with Gasteiger partial charge < -0.3 is 4.90 Å². The van der Waals surface area contributed by atoms with E-state index in [9.17, 15) is 9.59 Å². The van der Waals surface area contributed by atoms with Gasteiger partial charge in [0.1, 0.15) is 10.7 Å². The van der Waals surface area contributed by atoms with Crippen LogP contribution in [0.25, 0.3) is 10.2 Å². The predicted molar refractivity (Wildman–Crippen MR) is 97.2 cm³/mol. The molecule has 0 saturated heterocycles. The minimum absolute atomic E-state index is 0.00519.